The maximum Gasteiger partial charge on any atom is 0.291 e. The van der Waals surface area contributed by atoms with Crippen molar-refractivity contribution in [3.8, 4) is 17.0 Å². The summed E-state index contributed by atoms with van der Waals surface area (Å²) in [5.41, 5.74) is 1.79. The summed E-state index contributed by atoms with van der Waals surface area (Å²) in [5.74, 6) is -3.04. The van der Waals surface area contributed by atoms with Crippen molar-refractivity contribution in [2.24, 2.45) is 7.05 Å². The van der Waals surface area contributed by atoms with E-state index < -0.39 is 17.5 Å². The van der Waals surface area contributed by atoms with Gasteiger partial charge in [-0.3, -0.25) is 14.4 Å². The number of aryl methyl sites for hydroxylation is 1. The van der Waals surface area contributed by atoms with E-state index in [4.69, 9.17) is 4.74 Å². The number of rotatable bonds is 8. The zero-order chi connectivity index (χ0) is 30.8. The van der Waals surface area contributed by atoms with Gasteiger partial charge >= 0.3 is 0 Å². The number of ether oxygens (including phenoxy) is 1. The molecule has 0 saturated carbocycles. The second-order valence-electron chi connectivity index (χ2n) is 11.4. The summed E-state index contributed by atoms with van der Waals surface area (Å²) < 4.78 is 35.8. The number of halogens is 2. The molecule has 12 heteroatoms. The van der Waals surface area contributed by atoms with E-state index in [9.17, 15) is 23.2 Å². The van der Waals surface area contributed by atoms with Gasteiger partial charge in [-0.05, 0) is 42.8 Å². The summed E-state index contributed by atoms with van der Waals surface area (Å²) in [6.45, 7) is 4.43. The van der Waals surface area contributed by atoms with Crippen LogP contribution in [-0.4, -0.2) is 103 Å². The third kappa shape index (κ3) is 6.59. The highest BCUT2D eigenvalue weighted by Gasteiger charge is 2.27. The van der Waals surface area contributed by atoms with Gasteiger partial charge in [0.15, 0.2) is 17.4 Å². The summed E-state index contributed by atoms with van der Waals surface area (Å²) in [5, 5.41) is 2.75. The SMILES string of the molecule is COc1ccc(-c2cnc(C(=O)Nc3ccc(C(=O)N4CCN(C(=O)CC[N+](C)(C)C)CC4)c(C)c3)n2C)c(F)c1F. The van der Waals surface area contributed by atoms with Crippen LogP contribution in [0.15, 0.2) is 36.5 Å². The van der Waals surface area contributed by atoms with Crippen LogP contribution in [-0.2, 0) is 11.8 Å². The molecule has 1 N–H and O–H groups in total. The highest BCUT2D eigenvalue weighted by Crippen LogP contribution is 2.30. The summed E-state index contributed by atoms with van der Waals surface area (Å²) in [6.07, 6.45) is 1.77. The van der Waals surface area contributed by atoms with Gasteiger partial charge in [0, 0.05) is 50.0 Å². The molecule has 42 heavy (non-hydrogen) atoms. The van der Waals surface area contributed by atoms with Crippen molar-refractivity contribution in [3.05, 3.63) is 65.1 Å². The number of imidazole rings is 1. The molecule has 4 rings (SSSR count). The zero-order valence-corrected chi connectivity index (χ0v) is 24.8. The Balaban J connectivity index is 1.39. The van der Waals surface area contributed by atoms with Crippen LogP contribution in [0.2, 0.25) is 0 Å². The lowest BCUT2D eigenvalue weighted by atomic mass is 10.1. The minimum atomic E-state index is -1.13. The van der Waals surface area contributed by atoms with Gasteiger partial charge in [0.1, 0.15) is 0 Å². The van der Waals surface area contributed by atoms with Crippen LogP contribution in [0.3, 0.4) is 0 Å². The molecule has 2 aromatic carbocycles. The largest absolute Gasteiger partial charge is 0.494 e. The number of nitrogens with one attached hydrogen (secondary N) is 1. The minimum absolute atomic E-state index is 0.00713. The monoisotopic (exact) mass is 583 g/mol. The lowest BCUT2D eigenvalue weighted by molar-refractivity contribution is -0.869. The molecule has 3 aromatic rings. The molecular formula is C30H37F2N6O4+. The van der Waals surface area contributed by atoms with E-state index in [0.717, 1.165) is 6.54 Å². The number of hydrogen-bond donors (Lipinski definition) is 1. The Kier molecular flexibility index (Phi) is 8.95. The quantitative estimate of drug-likeness (QED) is 0.411. The van der Waals surface area contributed by atoms with E-state index >= 15 is 0 Å². The van der Waals surface area contributed by atoms with Crippen molar-refractivity contribution < 1.29 is 32.4 Å². The van der Waals surface area contributed by atoms with E-state index in [1.807, 2.05) is 26.0 Å². The molecule has 1 aromatic heterocycles. The Hall–Kier alpha value is -4.32. The van der Waals surface area contributed by atoms with Crippen molar-refractivity contribution in [3.63, 3.8) is 0 Å². The maximum absolute atomic E-state index is 14.6. The van der Waals surface area contributed by atoms with Crippen LogP contribution in [0.4, 0.5) is 14.5 Å². The lowest BCUT2D eigenvalue weighted by Gasteiger charge is -2.35. The van der Waals surface area contributed by atoms with Gasteiger partial charge in [-0.15, -0.1) is 0 Å². The highest BCUT2D eigenvalue weighted by molar-refractivity contribution is 6.03. The number of carbonyl (C=O) groups excluding carboxylic acids is 3. The number of anilines is 1. The number of quaternary nitrogens is 1. The Morgan fingerprint density at radius 1 is 1.00 bits per heavy atom. The Bertz CT molecular complexity index is 1510. The predicted molar refractivity (Wildman–Crippen MR) is 154 cm³/mol. The molecule has 0 unspecified atom stereocenters. The Morgan fingerprint density at radius 2 is 1.67 bits per heavy atom. The third-order valence-electron chi connectivity index (χ3n) is 7.36. The van der Waals surface area contributed by atoms with Crippen molar-refractivity contribution >= 4 is 23.4 Å². The average molecular weight is 584 g/mol. The standard InChI is InChI=1S/C30H36F2N6O4/c1-19-17-20(7-8-21(19)30(41)37-14-12-36(13-15-37)25(39)11-16-38(3,4)5)34-29(40)28-33-18-23(35(28)2)22-9-10-24(42-6)27(32)26(22)31/h7-10,17-18H,11-16H2,1-6H3/p+1. The molecular weight excluding hydrogens is 546 g/mol. The second kappa shape index (κ2) is 12.3. The number of amides is 3. The third-order valence-corrected chi connectivity index (χ3v) is 7.36. The molecule has 3 amide bonds. The van der Waals surface area contributed by atoms with E-state index in [-0.39, 0.29) is 34.6 Å². The van der Waals surface area contributed by atoms with Crippen molar-refractivity contribution in [2.45, 2.75) is 13.3 Å². The fraction of sp³-hybridized carbons (Fsp3) is 0.400. The first-order valence-corrected chi connectivity index (χ1v) is 13.6. The van der Waals surface area contributed by atoms with Gasteiger partial charge in [0.25, 0.3) is 11.8 Å². The molecule has 0 spiro atoms. The molecule has 0 radical (unpaired) electrons. The smallest absolute Gasteiger partial charge is 0.291 e. The van der Waals surface area contributed by atoms with Gasteiger partial charge < -0.3 is 28.9 Å². The topological polar surface area (TPSA) is 96.8 Å². The molecule has 1 saturated heterocycles. The second-order valence-corrected chi connectivity index (χ2v) is 11.4. The number of hydrogen-bond acceptors (Lipinski definition) is 5. The van der Waals surface area contributed by atoms with E-state index in [1.165, 1.54) is 37.1 Å². The molecule has 2 heterocycles. The van der Waals surface area contributed by atoms with E-state index in [0.29, 0.717) is 53.9 Å². The lowest BCUT2D eigenvalue weighted by Crippen LogP contribution is -2.51. The normalized spacial score (nSPS) is 13.7. The first-order chi connectivity index (χ1) is 19.8. The molecule has 1 aliphatic heterocycles. The van der Waals surface area contributed by atoms with Crippen molar-refractivity contribution in [2.75, 3.05) is 66.3 Å². The molecule has 0 bridgehead atoms. The van der Waals surface area contributed by atoms with E-state index in [1.54, 1.807) is 30.0 Å². The number of benzene rings is 2. The molecule has 0 aliphatic carbocycles. The Labute approximate surface area is 244 Å². The number of nitrogens with zero attached hydrogens (tertiary/aromatic N) is 5. The molecule has 0 atom stereocenters. The van der Waals surface area contributed by atoms with Crippen LogP contribution in [0.5, 0.6) is 5.75 Å². The van der Waals surface area contributed by atoms with Gasteiger partial charge in [-0.1, -0.05) is 0 Å². The van der Waals surface area contributed by atoms with Crippen LogP contribution >= 0.6 is 0 Å². The van der Waals surface area contributed by atoms with Gasteiger partial charge in [-0.25, -0.2) is 9.37 Å². The molecule has 1 fully saturated rings. The predicted octanol–water partition coefficient (Wildman–Crippen LogP) is 3.32. The van der Waals surface area contributed by atoms with Crippen LogP contribution in [0.1, 0.15) is 33.0 Å². The highest BCUT2D eigenvalue weighted by atomic mass is 19.2. The van der Waals surface area contributed by atoms with Crippen molar-refractivity contribution in [1.82, 2.24) is 19.4 Å². The Morgan fingerprint density at radius 3 is 2.29 bits per heavy atom. The number of piperazine rings is 1. The van der Waals surface area contributed by atoms with Gasteiger partial charge in [0.05, 0.1) is 53.1 Å². The van der Waals surface area contributed by atoms with E-state index in [2.05, 4.69) is 10.3 Å². The first-order valence-electron chi connectivity index (χ1n) is 13.6. The molecule has 10 nitrogen and oxygen atoms in total. The summed E-state index contributed by atoms with van der Waals surface area (Å²) in [4.78, 5) is 46.5. The maximum atomic E-state index is 14.6. The fourth-order valence-electron chi connectivity index (χ4n) is 4.84. The summed E-state index contributed by atoms with van der Waals surface area (Å²) in [7, 11) is 8.92. The summed E-state index contributed by atoms with van der Waals surface area (Å²) in [6, 6.07) is 7.65. The molecule has 1 aliphatic rings. The molecule has 224 valence electrons. The summed E-state index contributed by atoms with van der Waals surface area (Å²) >= 11 is 0. The van der Waals surface area contributed by atoms with Gasteiger partial charge in [0.2, 0.25) is 11.7 Å². The fourth-order valence-corrected chi connectivity index (χ4v) is 4.84. The zero-order valence-electron chi connectivity index (χ0n) is 24.8. The average Bonchev–Trinajstić information content (AvgIpc) is 3.33. The number of aromatic nitrogens is 2. The number of carbonyl (C=O) groups is 3. The minimum Gasteiger partial charge on any atom is -0.494 e. The van der Waals surface area contributed by atoms with Crippen LogP contribution < -0.4 is 10.1 Å². The van der Waals surface area contributed by atoms with Crippen LogP contribution in [0, 0.1) is 18.6 Å². The van der Waals surface area contributed by atoms with Crippen molar-refractivity contribution in [1.29, 1.82) is 0 Å². The van der Waals surface area contributed by atoms with Gasteiger partial charge in [-0.2, -0.15) is 4.39 Å². The number of methoxy groups -OCH3 is 1. The van der Waals surface area contributed by atoms with Crippen LogP contribution in [0.25, 0.3) is 11.3 Å². The first kappa shape index (κ1) is 30.6.